The normalized spacial score (nSPS) is 13.9. The molecule has 1 nitrogen and oxygen atoms in total. The minimum absolute atomic E-state index is 0.0150. The molecule has 0 unspecified atom stereocenters. The molecule has 1 atom stereocenters. The minimum atomic E-state index is -0.273. The third kappa shape index (κ3) is 2.94. The van der Waals surface area contributed by atoms with Gasteiger partial charge >= 0.3 is 0 Å². The van der Waals surface area contributed by atoms with Crippen LogP contribution in [0.3, 0.4) is 0 Å². The summed E-state index contributed by atoms with van der Waals surface area (Å²) in [6.07, 6.45) is 0. The molecule has 0 bridgehead atoms. The summed E-state index contributed by atoms with van der Waals surface area (Å²) in [6.45, 7) is 10.2. The molecule has 1 aromatic carbocycles. The van der Waals surface area contributed by atoms with E-state index in [0.29, 0.717) is 11.7 Å². The van der Waals surface area contributed by atoms with E-state index in [1.165, 1.54) is 0 Å². The summed E-state index contributed by atoms with van der Waals surface area (Å²) in [5.74, 6) is 0.684. The first-order chi connectivity index (χ1) is 7.34. The number of ketones is 1. The summed E-state index contributed by atoms with van der Waals surface area (Å²) >= 11 is 0. The molecule has 0 fully saturated rings. The minimum Gasteiger partial charge on any atom is -0.298 e. The third-order valence-corrected chi connectivity index (χ3v) is 2.85. The summed E-state index contributed by atoms with van der Waals surface area (Å²) in [5.41, 5.74) is 0.863. The molecule has 88 valence electrons. The van der Waals surface area contributed by atoms with Crippen molar-refractivity contribution in [2.24, 2.45) is 11.3 Å². The molecule has 0 amide bonds. The van der Waals surface area contributed by atoms with Crippen molar-refractivity contribution in [3.8, 4) is 0 Å². The van der Waals surface area contributed by atoms with Crippen LogP contribution >= 0.6 is 0 Å². The number of rotatable bonds is 3. The highest BCUT2D eigenvalue weighted by molar-refractivity contribution is 5.90. The van der Waals surface area contributed by atoms with Gasteiger partial charge in [-0.05, 0) is 11.5 Å². The van der Waals surface area contributed by atoms with Gasteiger partial charge in [-0.3, -0.25) is 4.79 Å². The molecule has 1 heteroatoms. The van der Waals surface area contributed by atoms with Gasteiger partial charge in [-0.25, -0.2) is 0 Å². The summed E-state index contributed by atoms with van der Waals surface area (Å²) in [6, 6.07) is 10.1. The maximum atomic E-state index is 12.4. The molecule has 1 aromatic rings. The van der Waals surface area contributed by atoms with Gasteiger partial charge < -0.3 is 0 Å². The van der Waals surface area contributed by atoms with E-state index in [-0.39, 0.29) is 11.3 Å². The van der Waals surface area contributed by atoms with Crippen LogP contribution in [0, 0.1) is 11.3 Å². The highest BCUT2D eigenvalue weighted by Gasteiger charge is 2.32. The maximum Gasteiger partial charge on any atom is 0.145 e. The number of carbonyl (C=O) groups is 1. The number of hydrogen-bond donors (Lipinski definition) is 0. The van der Waals surface area contributed by atoms with Crippen LogP contribution in [0.25, 0.3) is 0 Å². The van der Waals surface area contributed by atoms with Crippen LogP contribution in [0.2, 0.25) is 0 Å². The second-order valence-corrected chi connectivity index (χ2v) is 5.75. The number of benzene rings is 1. The van der Waals surface area contributed by atoms with Gasteiger partial charge in [0.2, 0.25) is 0 Å². The molecule has 0 spiro atoms. The lowest BCUT2D eigenvalue weighted by Crippen LogP contribution is -2.29. The van der Waals surface area contributed by atoms with E-state index < -0.39 is 0 Å². The van der Waals surface area contributed by atoms with Gasteiger partial charge in [-0.1, -0.05) is 65.0 Å². The lowest BCUT2D eigenvalue weighted by molar-refractivity contribution is -0.128. The lowest BCUT2D eigenvalue weighted by Gasteiger charge is -2.27. The van der Waals surface area contributed by atoms with E-state index in [2.05, 4.69) is 13.8 Å². The predicted molar refractivity (Wildman–Crippen MR) is 68.5 cm³/mol. The molecular formula is C15H22O. The zero-order chi connectivity index (χ0) is 12.3. The molecule has 0 N–H and O–H groups in total. The summed E-state index contributed by atoms with van der Waals surface area (Å²) in [4.78, 5) is 12.4. The Hall–Kier alpha value is -1.11. The van der Waals surface area contributed by atoms with Crippen molar-refractivity contribution in [3.05, 3.63) is 35.9 Å². The van der Waals surface area contributed by atoms with Gasteiger partial charge in [0.15, 0.2) is 0 Å². The van der Waals surface area contributed by atoms with Crippen LogP contribution in [0.15, 0.2) is 30.3 Å². The van der Waals surface area contributed by atoms with Crippen molar-refractivity contribution < 1.29 is 4.79 Å². The highest BCUT2D eigenvalue weighted by atomic mass is 16.1. The van der Waals surface area contributed by atoms with Crippen LogP contribution in [-0.2, 0) is 4.79 Å². The standard InChI is InChI=1S/C15H22O/c1-11(2)13(14(16)15(3,4)5)12-9-7-6-8-10-12/h6-11,13H,1-5H3/t13-/m0/s1. The second-order valence-electron chi connectivity index (χ2n) is 5.75. The Morgan fingerprint density at radius 2 is 1.56 bits per heavy atom. The Kier molecular flexibility index (Phi) is 3.90. The molecule has 0 aliphatic rings. The maximum absolute atomic E-state index is 12.4. The fourth-order valence-electron chi connectivity index (χ4n) is 1.97. The first kappa shape index (κ1) is 13.0. The van der Waals surface area contributed by atoms with Gasteiger partial charge in [0, 0.05) is 11.3 Å². The van der Waals surface area contributed by atoms with Crippen LogP contribution in [0.1, 0.15) is 46.1 Å². The number of carbonyl (C=O) groups excluding carboxylic acids is 1. The number of hydrogen-bond acceptors (Lipinski definition) is 1. The van der Waals surface area contributed by atoms with E-state index in [9.17, 15) is 4.79 Å². The van der Waals surface area contributed by atoms with Crippen LogP contribution < -0.4 is 0 Å². The Balaban J connectivity index is 3.07. The molecule has 1 rings (SSSR count). The second kappa shape index (κ2) is 4.82. The van der Waals surface area contributed by atoms with Gasteiger partial charge in [0.1, 0.15) is 5.78 Å². The molecule has 0 aliphatic carbocycles. The fraction of sp³-hybridized carbons (Fsp3) is 0.533. The average molecular weight is 218 g/mol. The molecular weight excluding hydrogens is 196 g/mol. The van der Waals surface area contributed by atoms with Crippen LogP contribution in [-0.4, -0.2) is 5.78 Å². The van der Waals surface area contributed by atoms with E-state index >= 15 is 0 Å². The molecule has 0 saturated heterocycles. The molecule has 0 heterocycles. The van der Waals surface area contributed by atoms with Gasteiger partial charge in [0.05, 0.1) is 0 Å². The Morgan fingerprint density at radius 3 is 1.94 bits per heavy atom. The summed E-state index contributed by atoms with van der Waals surface area (Å²) in [5, 5.41) is 0. The molecule has 16 heavy (non-hydrogen) atoms. The van der Waals surface area contributed by atoms with E-state index in [0.717, 1.165) is 5.56 Å². The quantitative estimate of drug-likeness (QED) is 0.748. The smallest absolute Gasteiger partial charge is 0.145 e. The topological polar surface area (TPSA) is 17.1 Å². The van der Waals surface area contributed by atoms with Crippen LogP contribution in [0.5, 0.6) is 0 Å². The van der Waals surface area contributed by atoms with Crippen LogP contribution in [0.4, 0.5) is 0 Å². The van der Waals surface area contributed by atoms with Gasteiger partial charge in [-0.2, -0.15) is 0 Å². The van der Waals surface area contributed by atoms with Crippen molar-refractivity contribution in [3.63, 3.8) is 0 Å². The van der Waals surface area contributed by atoms with Gasteiger partial charge in [-0.15, -0.1) is 0 Å². The van der Waals surface area contributed by atoms with Crippen molar-refractivity contribution >= 4 is 5.78 Å². The Bertz CT molecular complexity index is 343. The molecule has 0 saturated carbocycles. The lowest BCUT2D eigenvalue weighted by atomic mass is 9.75. The van der Waals surface area contributed by atoms with Crippen molar-refractivity contribution in [1.82, 2.24) is 0 Å². The fourth-order valence-corrected chi connectivity index (χ4v) is 1.97. The molecule has 0 radical (unpaired) electrons. The largest absolute Gasteiger partial charge is 0.298 e. The van der Waals surface area contributed by atoms with E-state index in [1.807, 2.05) is 51.1 Å². The highest BCUT2D eigenvalue weighted by Crippen LogP contribution is 2.32. The monoisotopic (exact) mass is 218 g/mol. The third-order valence-electron chi connectivity index (χ3n) is 2.85. The summed E-state index contributed by atoms with van der Waals surface area (Å²) < 4.78 is 0. The van der Waals surface area contributed by atoms with E-state index in [4.69, 9.17) is 0 Å². The van der Waals surface area contributed by atoms with Crippen molar-refractivity contribution in [2.45, 2.75) is 40.5 Å². The van der Waals surface area contributed by atoms with Crippen molar-refractivity contribution in [2.75, 3.05) is 0 Å². The average Bonchev–Trinajstić information content (AvgIpc) is 2.17. The number of Topliss-reactive ketones (excluding diaryl/α,β-unsaturated/α-hetero) is 1. The first-order valence-electron chi connectivity index (χ1n) is 5.93. The predicted octanol–water partition coefficient (Wildman–Crippen LogP) is 4.04. The zero-order valence-electron chi connectivity index (χ0n) is 10.9. The molecule has 0 aliphatic heterocycles. The van der Waals surface area contributed by atoms with Crippen molar-refractivity contribution in [1.29, 1.82) is 0 Å². The SMILES string of the molecule is CC(C)[C@H](C(=O)C(C)(C)C)c1ccccc1. The Labute approximate surface area is 98.9 Å². The van der Waals surface area contributed by atoms with Gasteiger partial charge in [0.25, 0.3) is 0 Å². The Morgan fingerprint density at radius 1 is 1.06 bits per heavy atom. The zero-order valence-corrected chi connectivity index (χ0v) is 10.9. The summed E-state index contributed by atoms with van der Waals surface area (Å²) in [7, 11) is 0. The molecule has 0 aromatic heterocycles. The van der Waals surface area contributed by atoms with E-state index in [1.54, 1.807) is 0 Å². The first-order valence-corrected chi connectivity index (χ1v) is 5.93.